The molecule has 14 heteroatoms. The van der Waals surface area contributed by atoms with Crippen LogP contribution in [0, 0.1) is 5.92 Å². The lowest BCUT2D eigenvalue weighted by atomic mass is 10.1. The Morgan fingerprint density at radius 2 is 1.50 bits per heavy atom. The molecule has 0 aliphatic rings. The molecule has 0 spiro atoms. The number of aliphatic hydroxyl groups is 5. The van der Waals surface area contributed by atoms with Gasteiger partial charge in [0.15, 0.2) is 12.6 Å². The van der Waals surface area contributed by atoms with Crippen molar-refractivity contribution in [2.45, 2.75) is 76.1 Å². The molecule has 0 bridgehead atoms. The minimum atomic E-state index is -1.47. The average molecular weight is 531 g/mol. The molecule has 8 atom stereocenters. The highest BCUT2D eigenvalue weighted by molar-refractivity contribution is 5.66. The summed E-state index contributed by atoms with van der Waals surface area (Å²) in [5.41, 5.74) is 11.4. The Hall–Kier alpha value is -1.01. The van der Waals surface area contributed by atoms with Crippen LogP contribution in [-0.4, -0.2) is 132 Å². The number of hydrogen-bond acceptors (Lipinski definition) is 13. The number of ether oxygens (including phenoxy) is 5. The first-order chi connectivity index (χ1) is 17.1. The Kier molecular flexibility index (Phi) is 20.4. The van der Waals surface area contributed by atoms with Gasteiger partial charge in [0.05, 0.1) is 57.9 Å². The normalized spacial score (nSPS) is 18.7. The lowest BCUT2D eigenvalue weighted by Crippen LogP contribution is -2.50. The van der Waals surface area contributed by atoms with E-state index in [9.17, 15) is 30.3 Å². The van der Waals surface area contributed by atoms with Gasteiger partial charge in [-0.2, -0.15) is 0 Å². The van der Waals surface area contributed by atoms with Gasteiger partial charge in [-0.05, 0) is 26.3 Å². The maximum absolute atomic E-state index is 10.7. The summed E-state index contributed by atoms with van der Waals surface area (Å²) in [6, 6.07) is -1.00. The maximum atomic E-state index is 10.7. The molecule has 0 amide bonds. The van der Waals surface area contributed by atoms with Crippen molar-refractivity contribution in [3.05, 3.63) is 0 Å². The molecule has 0 radical (unpaired) electrons. The van der Waals surface area contributed by atoms with E-state index in [1.54, 1.807) is 6.92 Å². The van der Waals surface area contributed by atoms with Gasteiger partial charge in [0.1, 0.15) is 12.2 Å². The van der Waals surface area contributed by atoms with E-state index in [1.165, 1.54) is 6.92 Å². The Morgan fingerprint density at radius 3 is 2.03 bits per heavy atom. The summed E-state index contributed by atoms with van der Waals surface area (Å²) in [7, 11) is 0. The third-order valence-corrected chi connectivity index (χ3v) is 5.24. The van der Waals surface area contributed by atoms with Crippen LogP contribution in [0.1, 0.15) is 33.1 Å². The molecule has 0 aromatic carbocycles. The fourth-order valence-corrected chi connectivity index (χ4v) is 2.93. The first-order valence-corrected chi connectivity index (χ1v) is 12.1. The van der Waals surface area contributed by atoms with Crippen LogP contribution in [0.4, 0.5) is 0 Å². The second kappa shape index (κ2) is 21.0. The lowest BCUT2D eigenvalue weighted by molar-refractivity contribution is -0.274. The van der Waals surface area contributed by atoms with Crippen molar-refractivity contribution < 1.29 is 59.1 Å². The SMILES string of the molecule is C[C@H](O[C@H](OC(CO)[C@@H](C)COCCCN)[C@@H](N)CO)C(CO)O[C@@H](OCCCC(=O)O)[C@@H](O)CO. The molecule has 2 unspecified atom stereocenters. The molecule has 36 heavy (non-hydrogen) atoms. The Morgan fingerprint density at radius 1 is 0.861 bits per heavy atom. The largest absolute Gasteiger partial charge is 0.481 e. The molecule has 0 aliphatic carbocycles. The molecule has 10 N–H and O–H groups in total. The fraction of sp³-hybridized carbons (Fsp3) is 0.955. The van der Waals surface area contributed by atoms with E-state index in [-0.39, 0.29) is 38.6 Å². The molecule has 0 aliphatic heterocycles. The van der Waals surface area contributed by atoms with Crippen molar-refractivity contribution in [2.24, 2.45) is 17.4 Å². The summed E-state index contributed by atoms with van der Waals surface area (Å²) in [5.74, 6) is -1.27. The first kappa shape index (κ1) is 35.0. The molecule has 14 nitrogen and oxygen atoms in total. The van der Waals surface area contributed by atoms with Gasteiger partial charge in [-0.3, -0.25) is 4.79 Å². The predicted molar refractivity (Wildman–Crippen MR) is 127 cm³/mol. The smallest absolute Gasteiger partial charge is 0.303 e. The van der Waals surface area contributed by atoms with Gasteiger partial charge < -0.3 is 65.8 Å². The van der Waals surface area contributed by atoms with E-state index in [2.05, 4.69) is 0 Å². The van der Waals surface area contributed by atoms with Crippen molar-refractivity contribution >= 4 is 5.97 Å². The van der Waals surface area contributed by atoms with E-state index < -0.39 is 68.8 Å². The van der Waals surface area contributed by atoms with Crippen molar-refractivity contribution in [3.8, 4) is 0 Å². The molecular weight excluding hydrogens is 484 g/mol. The molecule has 0 saturated heterocycles. The van der Waals surface area contributed by atoms with Gasteiger partial charge in [-0.15, -0.1) is 0 Å². The minimum absolute atomic E-state index is 0.0774. The van der Waals surface area contributed by atoms with Crippen molar-refractivity contribution in [2.75, 3.05) is 52.8 Å². The molecule has 0 aromatic heterocycles. The summed E-state index contributed by atoms with van der Waals surface area (Å²) in [6.45, 7) is 2.33. The van der Waals surface area contributed by atoms with Crippen molar-refractivity contribution in [3.63, 3.8) is 0 Å². The van der Waals surface area contributed by atoms with Crippen molar-refractivity contribution in [1.29, 1.82) is 0 Å². The second-order valence-corrected chi connectivity index (χ2v) is 8.45. The second-order valence-electron chi connectivity index (χ2n) is 8.45. The summed E-state index contributed by atoms with van der Waals surface area (Å²) in [5, 5.41) is 57.2. The van der Waals surface area contributed by atoms with E-state index in [1.807, 2.05) is 0 Å². The molecule has 0 fully saturated rings. The number of rotatable bonds is 24. The lowest BCUT2D eigenvalue weighted by Gasteiger charge is -2.35. The number of carboxylic acid groups (broad SMARTS) is 1. The summed E-state index contributed by atoms with van der Waals surface area (Å²) in [4.78, 5) is 10.7. The van der Waals surface area contributed by atoms with Gasteiger partial charge in [0.2, 0.25) is 0 Å². The zero-order valence-corrected chi connectivity index (χ0v) is 21.2. The Balaban J connectivity index is 5.19. The van der Waals surface area contributed by atoms with Crippen LogP contribution in [0.5, 0.6) is 0 Å². The zero-order valence-electron chi connectivity index (χ0n) is 21.2. The van der Waals surface area contributed by atoms with Gasteiger partial charge in [-0.1, -0.05) is 6.92 Å². The van der Waals surface area contributed by atoms with Crippen LogP contribution < -0.4 is 11.5 Å². The third kappa shape index (κ3) is 14.7. The van der Waals surface area contributed by atoms with Crippen LogP contribution >= 0.6 is 0 Å². The predicted octanol–water partition coefficient (Wildman–Crippen LogP) is -2.65. The summed E-state index contributed by atoms with van der Waals surface area (Å²) in [6.07, 6.45) is -6.13. The topological polar surface area (TPSA) is 237 Å². The molecule has 0 aromatic rings. The van der Waals surface area contributed by atoms with Crippen LogP contribution in [0.25, 0.3) is 0 Å². The number of hydrogen-bond donors (Lipinski definition) is 8. The van der Waals surface area contributed by atoms with Crippen LogP contribution in [0.3, 0.4) is 0 Å². The summed E-state index contributed by atoms with van der Waals surface area (Å²) >= 11 is 0. The number of aliphatic hydroxyl groups excluding tert-OH is 5. The highest BCUT2D eigenvalue weighted by atomic mass is 16.7. The fourth-order valence-electron chi connectivity index (χ4n) is 2.93. The van der Waals surface area contributed by atoms with Crippen LogP contribution in [-0.2, 0) is 28.5 Å². The van der Waals surface area contributed by atoms with E-state index in [0.29, 0.717) is 19.6 Å². The summed E-state index contributed by atoms with van der Waals surface area (Å²) < 4.78 is 28.1. The number of nitrogens with two attached hydrogens (primary N) is 2. The van der Waals surface area contributed by atoms with Gasteiger partial charge in [0.25, 0.3) is 0 Å². The number of aliphatic carboxylic acids is 1. The van der Waals surface area contributed by atoms with E-state index in [4.69, 9.17) is 40.3 Å². The first-order valence-electron chi connectivity index (χ1n) is 12.1. The third-order valence-electron chi connectivity index (χ3n) is 5.24. The Bertz CT molecular complexity index is 547. The van der Waals surface area contributed by atoms with Crippen molar-refractivity contribution in [1.82, 2.24) is 0 Å². The number of carboxylic acids is 1. The minimum Gasteiger partial charge on any atom is -0.481 e. The monoisotopic (exact) mass is 530 g/mol. The molecule has 0 rings (SSSR count). The molecule has 0 heterocycles. The van der Waals surface area contributed by atoms with Gasteiger partial charge >= 0.3 is 5.97 Å². The van der Waals surface area contributed by atoms with Gasteiger partial charge in [-0.25, -0.2) is 0 Å². The maximum Gasteiger partial charge on any atom is 0.303 e. The zero-order chi connectivity index (χ0) is 27.5. The van der Waals surface area contributed by atoms with Crippen LogP contribution in [0.2, 0.25) is 0 Å². The highest BCUT2D eigenvalue weighted by Crippen LogP contribution is 2.18. The van der Waals surface area contributed by atoms with Crippen LogP contribution in [0.15, 0.2) is 0 Å². The standard InChI is InChI=1S/C22H46N2O12/c1-14(13-32-7-4-6-23)18(11-27)35-21(16(24)9-25)34-15(2)19(12-28)36-22(17(29)10-26)33-8-3-5-20(30)31/h14-19,21-22,25-29H,3-13,23-24H2,1-2H3,(H,30,31)/t14-,15-,16-,17-,18?,19?,21+,22+/m0/s1. The molecule has 216 valence electrons. The number of carbonyl (C=O) groups is 1. The quantitative estimate of drug-likeness (QED) is 0.0470. The van der Waals surface area contributed by atoms with E-state index >= 15 is 0 Å². The Labute approximate surface area is 212 Å². The average Bonchev–Trinajstić information content (AvgIpc) is 2.87. The van der Waals surface area contributed by atoms with E-state index in [0.717, 1.165) is 0 Å². The highest BCUT2D eigenvalue weighted by Gasteiger charge is 2.33. The molecule has 0 saturated carbocycles. The van der Waals surface area contributed by atoms with Gasteiger partial charge in [0, 0.05) is 18.9 Å². The molecular formula is C22H46N2O12.